The standard InChI is InChI=1S/C13H12N4O3S/c14-21(18,19)17-9-1-3-10(4-2-9)20-12-6-8-16-13-11(12)5-7-15-13/h1-8,17H,(H,15,16)(H2,14,18,19). The Morgan fingerprint density at radius 1 is 1.14 bits per heavy atom. The molecule has 0 aliphatic heterocycles. The molecule has 0 amide bonds. The Bertz CT molecular complexity index is 872. The van der Waals surface area contributed by atoms with Crippen LogP contribution in [0.2, 0.25) is 0 Å². The van der Waals surface area contributed by atoms with Gasteiger partial charge in [0.1, 0.15) is 17.1 Å². The molecule has 21 heavy (non-hydrogen) atoms. The fourth-order valence-electron chi connectivity index (χ4n) is 1.91. The first-order valence-electron chi connectivity index (χ1n) is 6.02. The zero-order valence-electron chi connectivity index (χ0n) is 10.8. The topological polar surface area (TPSA) is 110 Å². The van der Waals surface area contributed by atoms with Gasteiger partial charge < -0.3 is 9.72 Å². The molecule has 2 aromatic heterocycles. The minimum Gasteiger partial charge on any atom is -0.457 e. The van der Waals surface area contributed by atoms with Crippen molar-refractivity contribution in [2.24, 2.45) is 5.14 Å². The molecule has 108 valence electrons. The van der Waals surface area contributed by atoms with Crippen LogP contribution in [-0.4, -0.2) is 18.4 Å². The molecule has 0 saturated carbocycles. The van der Waals surface area contributed by atoms with Gasteiger partial charge in [-0.1, -0.05) is 0 Å². The average Bonchev–Trinajstić information content (AvgIpc) is 2.89. The second-order valence-electron chi connectivity index (χ2n) is 4.32. The summed E-state index contributed by atoms with van der Waals surface area (Å²) in [7, 11) is -3.77. The minimum atomic E-state index is -3.77. The average molecular weight is 304 g/mol. The highest BCUT2D eigenvalue weighted by Gasteiger charge is 2.06. The molecule has 0 aliphatic rings. The van der Waals surface area contributed by atoms with Crippen molar-refractivity contribution >= 4 is 26.9 Å². The van der Waals surface area contributed by atoms with E-state index in [1.54, 1.807) is 42.7 Å². The van der Waals surface area contributed by atoms with Gasteiger partial charge in [-0.25, -0.2) is 10.1 Å². The maximum atomic E-state index is 10.9. The summed E-state index contributed by atoms with van der Waals surface area (Å²) in [6, 6.07) is 10.0. The molecule has 0 radical (unpaired) electrons. The second kappa shape index (κ2) is 5.08. The lowest BCUT2D eigenvalue weighted by atomic mass is 10.3. The summed E-state index contributed by atoms with van der Waals surface area (Å²) < 4.78 is 29.8. The summed E-state index contributed by atoms with van der Waals surface area (Å²) >= 11 is 0. The van der Waals surface area contributed by atoms with Crippen LogP contribution in [0.1, 0.15) is 0 Å². The third kappa shape index (κ3) is 3.12. The lowest BCUT2D eigenvalue weighted by Crippen LogP contribution is -2.21. The quantitative estimate of drug-likeness (QED) is 0.684. The molecule has 7 nitrogen and oxygen atoms in total. The van der Waals surface area contributed by atoms with E-state index >= 15 is 0 Å². The van der Waals surface area contributed by atoms with Gasteiger partial charge in [0, 0.05) is 18.1 Å². The van der Waals surface area contributed by atoms with E-state index < -0.39 is 10.2 Å². The molecule has 1 aromatic carbocycles. The Morgan fingerprint density at radius 3 is 2.62 bits per heavy atom. The highest BCUT2D eigenvalue weighted by atomic mass is 32.2. The molecule has 0 spiro atoms. The number of H-pyrrole nitrogens is 1. The van der Waals surface area contributed by atoms with Crippen LogP contribution < -0.4 is 14.6 Å². The fraction of sp³-hybridized carbons (Fsp3) is 0. The number of fused-ring (bicyclic) bond motifs is 1. The monoisotopic (exact) mass is 304 g/mol. The molecule has 0 aliphatic carbocycles. The van der Waals surface area contributed by atoms with Crippen LogP contribution >= 0.6 is 0 Å². The first-order valence-corrected chi connectivity index (χ1v) is 7.56. The smallest absolute Gasteiger partial charge is 0.296 e. The lowest BCUT2D eigenvalue weighted by Gasteiger charge is -2.08. The first-order chi connectivity index (χ1) is 10.0. The van der Waals surface area contributed by atoms with E-state index in [1.165, 1.54) is 0 Å². The summed E-state index contributed by atoms with van der Waals surface area (Å²) in [4.78, 5) is 7.17. The molecule has 0 atom stereocenters. The van der Waals surface area contributed by atoms with Crippen LogP contribution in [0, 0.1) is 0 Å². The second-order valence-corrected chi connectivity index (χ2v) is 5.62. The van der Waals surface area contributed by atoms with Gasteiger partial charge in [-0.3, -0.25) is 4.72 Å². The Morgan fingerprint density at radius 2 is 1.90 bits per heavy atom. The van der Waals surface area contributed by atoms with E-state index in [2.05, 4.69) is 14.7 Å². The first kappa shape index (κ1) is 13.4. The molecule has 0 saturated heterocycles. The number of anilines is 1. The van der Waals surface area contributed by atoms with Crippen LogP contribution in [-0.2, 0) is 10.2 Å². The van der Waals surface area contributed by atoms with Gasteiger partial charge in [0.25, 0.3) is 10.2 Å². The molecule has 3 aromatic rings. The third-order valence-electron chi connectivity index (χ3n) is 2.76. The van der Waals surface area contributed by atoms with Gasteiger partial charge in [-0.15, -0.1) is 0 Å². The Labute approximate surface area is 120 Å². The summed E-state index contributed by atoms with van der Waals surface area (Å²) in [6.07, 6.45) is 3.43. The number of rotatable bonds is 4. The molecule has 8 heteroatoms. The zero-order chi connectivity index (χ0) is 14.9. The van der Waals surface area contributed by atoms with Gasteiger partial charge in [-0.2, -0.15) is 8.42 Å². The summed E-state index contributed by atoms with van der Waals surface area (Å²) in [5.41, 5.74) is 1.10. The number of ether oxygens (including phenoxy) is 1. The van der Waals surface area contributed by atoms with Crippen LogP contribution in [0.3, 0.4) is 0 Å². The van der Waals surface area contributed by atoms with Gasteiger partial charge in [0.15, 0.2) is 0 Å². The molecule has 0 fully saturated rings. The van der Waals surface area contributed by atoms with Crippen LogP contribution in [0.15, 0.2) is 48.8 Å². The van der Waals surface area contributed by atoms with E-state index in [-0.39, 0.29) is 0 Å². The predicted molar refractivity (Wildman–Crippen MR) is 79.3 cm³/mol. The molecule has 4 N–H and O–H groups in total. The van der Waals surface area contributed by atoms with Crippen molar-refractivity contribution in [2.75, 3.05) is 4.72 Å². The van der Waals surface area contributed by atoms with Crippen LogP contribution in [0.25, 0.3) is 11.0 Å². The number of pyridine rings is 1. The van der Waals surface area contributed by atoms with E-state index in [0.29, 0.717) is 17.2 Å². The molecular weight excluding hydrogens is 292 g/mol. The van der Waals surface area contributed by atoms with Gasteiger partial charge >= 0.3 is 0 Å². The number of nitrogens with zero attached hydrogens (tertiary/aromatic N) is 1. The molecule has 0 bridgehead atoms. The largest absolute Gasteiger partial charge is 0.457 e. The Kier molecular flexibility index (Phi) is 3.24. The zero-order valence-corrected chi connectivity index (χ0v) is 11.6. The summed E-state index contributed by atoms with van der Waals surface area (Å²) in [5.74, 6) is 1.23. The number of hydrogen-bond donors (Lipinski definition) is 3. The number of hydrogen-bond acceptors (Lipinski definition) is 4. The van der Waals surface area contributed by atoms with Crippen molar-refractivity contribution in [3.05, 3.63) is 48.8 Å². The molecular formula is C13H12N4O3S. The van der Waals surface area contributed by atoms with Gasteiger partial charge in [-0.05, 0) is 36.4 Å². The SMILES string of the molecule is NS(=O)(=O)Nc1ccc(Oc2ccnc3[nH]ccc23)cc1. The maximum absolute atomic E-state index is 10.9. The molecule has 0 unspecified atom stereocenters. The number of aromatic amines is 1. The minimum absolute atomic E-state index is 0.367. The number of nitrogens with two attached hydrogens (primary N) is 1. The highest BCUT2D eigenvalue weighted by molar-refractivity contribution is 7.90. The van der Waals surface area contributed by atoms with E-state index in [4.69, 9.17) is 9.88 Å². The van der Waals surface area contributed by atoms with Crippen molar-refractivity contribution in [1.29, 1.82) is 0 Å². The van der Waals surface area contributed by atoms with Crippen molar-refractivity contribution in [1.82, 2.24) is 9.97 Å². The third-order valence-corrected chi connectivity index (χ3v) is 3.28. The Hall–Kier alpha value is -2.58. The lowest BCUT2D eigenvalue weighted by molar-refractivity contribution is 0.488. The number of benzene rings is 1. The summed E-state index contributed by atoms with van der Waals surface area (Å²) in [5, 5.41) is 5.76. The number of aromatic nitrogens is 2. The van der Waals surface area contributed by atoms with Gasteiger partial charge in [0.05, 0.1) is 5.39 Å². The number of nitrogens with one attached hydrogen (secondary N) is 2. The van der Waals surface area contributed by atoms with Crippen molar-refractivity contribution in [3.63, 3.8) is 0 Å². The van der Waals surface area contributed by atoms with Gasteiger partial charge in [0.2, 0.25) is 0 Å². The van der Waals surface area contributed by atoms with Crippen LogP contribution in [0.5, 0.6) is 11.5 Å². The van der Waals surface area contributed by atoms with E-state index in [9.17, 15) is 8.42 Å². The van der Waals surface area contributed by atoms with Crippen molar-refractivity contribution < 1.29 is 13.2 Å². The van der Waals surface area contributed by atoms with Crippen LogP contribution in [0.4, 0.5) is 5.69 Å². The Balaban J connectivity index is 1.84. The van der Waals surface area contributed by atoms with E-state index in [0.717, 1.165) is 11.0 Å². The van der Waals surface area contributed by atoms with E-state index in [1.807, 2.05) is 6.07 Å². The fourth-order valence-corrected chi connectivity index (χ4v) is 2.37. The molecule has 3 rings (SSSR count). The van der Waals surface area contributed by atoms with Crippen molar-refractivity contribution in [2.45, 2.75) is 0 Å². The maximum Gasteiger partial charge on any atom is 0.296 e. The highest BCUT2D eigenvalue weighted by Crippen LogP contribution is 2.28. The predicted octanol–water partition coefficient (Wildman–Crippen LogP) is 1.97. The normalized spacial score (nSPS) is 11.5. The molecule has 2 heterocycles. The van der Waals surface area contributed by atoms with Crippen molar-refractivity contribution in [3.8, 4) is 11.5 Å². The summed E-state index contributed by atoms with van der Waals surface area (Å²) in [6.45, 7) is 0.